The molecule has 1 N–H and O–H groups in total. The third-order valence-electron chi connectivity index (χ3n) is 5.24. The summed E-state index contributed by atoms with van der Waals surface area (Å²) >= 11 is 6.16. The van der Waals surface area contributed by atoms with E-state index in [1.807, 2.05) is 24.3 Å². The van der Waals surface area contributed by atoms with Gasteiger partial charge in [-0.3, -0.25) is 9.69 Å². The molecule has 3 aromatic carbocycles. The maximum absolute atomic E-state index is 12.7. The second kappa shape index (κ2) is 10.00. The summed E-state index contributed by atoms with van der Waals surface area (Å²) in [6.45, 7) is 6.15. The highest BCUT2D eigenvalue weighted by molar-refractivity contribution is 6.37. The normalized spacial score (nSPS) is 11.7. The molecule has 0 saturated heterocycles. The summed E-state index contributed by atoms with van der Waals surface area (Å²) in [4.78, 5) is 25.4. The number of carboxylic acid groups (broad SMARTS) is 1. The fraction of sp³-hybridized carbons (Fsp3) is 0.231. The van der Waals surface area contributed by atoms with Crippen molar-refractivity contribution in [3.63, 3.8) is 0 Å². The van der Waals surface area contributed by atoms with Crippen LogP contribution < -0.4 is 9.64 Å². The van der Waals surface area contributed by atoms with Crippen LogP contribution in [0, 0.1) is 0 Å². The standard InChI is InChI=1S/C26H23ClF3NO4/c1-25(2,3)18-8-4-16(5-9-18)15-31(23(32)24(33)34)22-13-10-19(27)14-21(22)17-6-11-20(12-7-17)35-26(28,29)30/h4-14H,15H2,1-3H3,(H,33,34). The number of nitrogens with zero attached hydrogens (tertiary/aromatic N) is 1. The molecule has 5 nitrogen and oxygen atoms in total. The van der Waals surface area contributed by atoms with Crippen molar-refractivity contribution in [3.05, 3.63) is 82.9 Å². The summed E-state index contributed by atoms with van der Waals surface area (Å²) in [5, 5.41) is 9.77. The smallest absolute Gasteiger partial charge is 0.474 e. The number of hydrogen-bond donors (Lipinski definition) is 1. The van der Waals surface area contributed by atoms with Crippen LogP contribution in [0.5, 0.6) is 5.75 Å². The molecular weight excluding hydrogens is 483 g/mol. The van der Waals surface area contributed by atoms with Crippen LogP contribution in [-0.2, 0) is 21.5 Å². The molecule has 0 unspecified atom stereocenters. The van der Waals surface area contributed by atoms with Gasteiger partial charge in [0.2, 0.25) is 0 Å². The van der Waals surface area contributed by atoms with E-state index in [-0.39, 0.29) is 17.6 Å². The van der Waals surface area contributed by atoms with E-state index in [0.29, 0.717) is 21.7 Å². The maximum atomic E-state index is 12.7. The van der Waals surface area contributed by atoms with Gasteiger partial charge in [-0.2, -0.15) is 0 Å². The van der Waals surface area contributed by atoms with Crippen LogP contribution in [0.1, 0.15) is 31.9 Å². The van der Waals surface area contributed by atoms with Crippen LogP contribution >= 0.6 is 11.6 Å². The molecule has 0 bridgehead atoms. The van der Waals surface area contributed by atoms with Crippen LogP contribution in [0.2, 0.25) is 5.02 Å². The van der Waals surface area contributed by atoms with Gasteiger partial charge in [-0.1, -0.05) is 68.8 Å². The summed E-state index contributed by atoms with van der Waals surface area (Å²) in [6.07, 6.45) is -4.84. The van der Waals surface area contributed by atoms with E-state index in [1.54, 1.807) is 0 Å². The number of halogens is 4. The number of ether oxygens (including phenoxy) is 1. The molecule has 0 aliphatic rings. The molecular formula is C26H23ClF3NO4. The highest BCUT2D eigenvalue weighted by Crippen LogP contribution is 2.36. The minimum atomic E-state index is -4.84. The summed E-state index contributed by atoms with van der Waals surface area (Å²) < 4.78 is 41.4. The highest BCUT2D eigenvalue weighted by Gasteiger charge is 2.31. The average molecular weight is 506 g/mol. The zero-order valence-corrected chi connectivity index (χ0v) is 19.9. The predicted octanol–water partition coefficient (Wildman–Crippen LogP) is 6.82. The minimum absolute atomic E-state index is 0.0422. The van der Waals surface area contributed by atoms with Gasteiger partial charge in [0.05, 0.1) is 12.2 Å². The zero-order chi connectivity index (χ0) is 26.0. The third-order valence-corrected chi connectivity index (χ3v) is 5.47. The van der Waals surface area contributed by atoms with Crippen molar-refractivity contribution in [2.75, 3.05) is 4.90 Å². The Balaban J connectivity index is 2.03. The first kappa shape index (κ1) is 26.1. The van der Waals surface area contributed by atoms with Gasteiger partial charge in [0.1, 0.15) is 5.75 Å². The Labute approximate surface area is 205 Å². The van der Waals surface area contributed by atoms with Crippen molar-refractivity contribution in [2.24, 2.45) is 0 Å². The van der Waals surface area contributed by atoms with E-state index in [2.05, 4.69) is 25.5 Å². The molecule has 0 radical (unpaired) electrons. The molecule has 0 heterocycles. The molecule has 35 heavy (non-hydrogen) atoms. The summed E-state index contributed by atoms with van der Waals surface area (Å²) in [5.41, 5.74) is 2.72. The molecule has 3 aromatic rings. The molecule has 0 aliphatic carbocycles. The second-order valence-electron chi connectivity index (χ2n) is 8.88. The fourth-order valence-electron chi connectivity index (χ4n) is 3.49. The van der Waals surface area contributed by atoms with Crippen LogP contribution in [-0.4, -0.2) is 23.3 Å². The SMILES string of the molecule is CC(C)(C)c1ccc(CN(C(=O)C(=O)O)c2ccc(Cl)cc2-c2ccc(OC(F)(F)F)cc2)cc1. The summed E-state index contributed by atoms with van der Waals surface area (Å²) in [5.74, 6) is -3.22. The lowest BCUT2D eigenvalue weighted by Gasteiger charge is -2.25. The number of alkyl halides is 3. The van der Waals surface area contributed by atoms with Crippen molar-refractivity contribution in [1.82, 2.24) is 0 Å². The number of aliphatic carboxylic acids is 1. The van der Waals surface area contributed by atoms with E-state index < -0.39 is 24.0 Å². The number of rotatable bonds is 5. The van der Waals surface area contributed by atoms with Crippen molar-refractivity contribution in [2.45, 2.75) is 39.1 Å². The van der Waals surface area contributed by atoms with Crippen LogP contribution in [0.25, 0.3) is 11.1 Å². The predicted molar refractivity (Wildman–Crippen MR) is 128 cm³/mol. The lowest BCUT2D eigenvalue weighted by molar-refractivity contribution is -0.274. The Bertz CT molecular complexity index is 1220. The van der Waals surface area contributed by atoms with Gasteiger partial charge in [-0.15, -0.1) is 13.2 Å². The molecule has 0 spiro atoms. The van der Waals surface area contributed by atoms with E-state index in [4.69, 9.17) is 11.6 Å². The highest BCUT2D eigenvalue weighted by atomic mass is 35.5. The van der Waals surface area contributed by atoms with Crippen LogP contribution in [0.3, 0.4) is 0 Å². The minimum Gasteiger partial charge on any atom is -0.474 e. The third kappa shape index (κ3) is 6.76. The van der Waals surface area contributed by atoms with Gasteiger partial charge in [-0.05, 0) is 52.4 Å². The van der Waals surface area contributed by atoms with E-state index in [1.165, 1.54) is 30.3 Å². The second-order valence-corrected chi connectivity index (χ2v) is 9.31. The molecule has 3 rings (SSSR count). The number of hydrogen-bond acceptors (Lipinski definition) is 3. The topological polar surface area (TPSA) is 66.8 Å². The zero-order valence-electron chi connectivity index (χ0n) is 19.2. The summed E-state index contributed by atoms with van der Waals surface area (Å²) in [7, 11) is 0. The van der Waals surface area contributed by atoms with Gasteiger partial charge in [0.25, 0.3) is 0 Å². The van der Waals surface area contributed by atoms with Gasteiger partial charge in [0, 0.05) is 10.6 Å². The summed E-state index contributed by atoms with van der Waals surface area (Å²) in [6, 6.07) is 17.0. The maximum Gasteiger partial charge on any atom is 0.573 e. The molecule has 0 aliphatic heterocycles. The Morgan fingerprint density at radius 3 is 2.06 bits per heavy atom. The first-order valence-corrected chi connectivity index (χ1v) is 10.9. The average Bonchev–Trinajstić information content (AvgIpc) is 2.76. The molecule has 1 amide bonds. The monoisotopic (exact) mass is 505 g/mol. The van der Waals surface area contributed by atoms with Crippen LogP contribution in [0.15, 0.2) is 66.7 Å². The Morgan fingerprint density at radius 1 is 0.943 bits per heavy atom. The van der Waals surface area contributed by atoms with E-state index >= 15 is 0 Å². The molecule has 0 fully saturated rings. The number of carbonyl (C=O) groups is 2. The van der Waals surface area contributed by atoms with Crippen molar-refractivity contribution in [1.29, 1.82) is 0 Å². The van der Waals surface area contributed by atoms with Gasteiger partial charge < -0.3 is 9.84 Å². The first-order valence-electron chi connectivity index (χ1n) is 10.5. The quantitative estimate of drug-likeness (QED) is 0.386. The van der Waals surface area contributed by atoms with Crippen molar-refractivity contribution >= 4 is 29.2 Å². The van der Waals surface area contributed by atoms with Crippen molar-refractivity contribution in [3.8, 4) is 16.9 Å². The van der Waals surface area contributed by atoms with Gasteiger partial charge in [-0.25, -0.2) is 4.79 Å². The number of carboxylic acids is 1. The molecule has 9 heteroatoms. The van der Waals surface area contributed by atoms with E-state index in [9.17, 15) is 27.9 Å². The van der Waals surface area contributed by atoms with Crippen LogP contribution in [0.4, 0.5) is 18.9 Å². The molecule has 0 saturated carbocycles. The van der Waals surface area contributed by atoms with Gasteiger partial charge in [0.15, 0.2) is 0 Å². The lowest BCUT2D eigenvalue weighted by Crippen LogP contribution is -2.36. The molecule has 184 valence electrons. The lowest BCUT2D eigenvalue weighted by atomic mass is 9.86. The molecule has 0 atom stereocenters. The van der Waals surface area contributed by atoms with Crippen molar-refractivity contribution < 1.29 is 32.6 Å². The number of anilines is 1. The fourth-order valence-corrected chi connectivity index (χ4v) is 3.66. The number of carbonyl (C=O) groups excluding carboxylic acids is 1. The Kier molecular flexibility index (Phi) is 7.45. The van der Waals surface area contributed by atoms with E-state index in [0.717, 1.165) is 22.6 Å². The number of amides is 1. The first-order chi connectivity index (χ1) is 16.2. The largest absolute Gasteiger partial charge is 0.573 e. The Morgan fingerprint density at radius 2 is 1.54 bits per heavy atom. The Hall–Kier alpha value is -3.52. The molecule has 0 aromatic heterocycles. The number of benzene rings is 3. The van der Waals surface area contributed by atoms with Gasteiger partial charge >= 0.3 is 18.2 Å².